The number of rotatable bonds is 10. The van der Waals surface area contributed by atoms with E-state index in [4.69, 9.17) is 0 Å². The van der Waals surface area contributed by atoms with E-state index in [1.54, 1.807) is 36.4 Å². The maximum atomic E-state index is 13.9. The quantitative estimate of drug-likeness (QED) is 0.430. The topological polar surface area (TPSA) is 86.8 Å². The van der Waals surface area contributed by atoms with Gasteiger partial charge in [0.1, 0.15) is 12.6 Å². The van der Waals surface area contributed by atoms with E-state index >= 15 is 0 Å². The fourth-order valence-corrected chi connectivity index (χ4v) is 5.72. The number of nitrogens with zero attached hydrogens (tertiary/aromatic N) is 2. The average Bonchev–Trinajstić information content (AvgIpc) is 2.87. The highest BCUT2D eigenvalue weighted by Gasteiger charge is 2.33. The van der Waals surface area contributed by atoms with Crippen LogP contribution in [0.3, 0.4) is 0 Å². The number of carbonyl (C=O) groups is 2. The van der Waals surface area contributed by atoms with Crippen molar-refractivity contribution in [3.8, 4) is 0 Å². The molecular weight excluding hydrogens is 486 g/mol. The minimum atomic E-state index is -4.08. The molecule has 1 unspecified atom stereocenters. The highest BCUT2D eigenvalue weighted by molar-refractivity contribution is 7.92. The Morgan fingerprint density at radius 3 is 2.00 bits per heavy atom. The van der Waals surface area contributed by atoms with Gasteiger partial charge < -0.3 is 10.2 Å². The number of hydrogen-bond acceptors (Lipinski definition) is 4. The Morgan fingerprint density at radius 1 is 0.865 bits per heavy atom. The second kappa shape index (κ2) is 12.1. The zero-order chi connectivity index (χ0) is 27.2. The lowest BCUT2D eigenvalue weighted by Gasteiger charge is -2.33. The van der Waals surface area contributed by atoms with Gasteiger partial charge in [-0.15, -0.1) is 0 Å². The van der Waals surface area contributed by atoms with E-state index in [2.05, 4.69) is 5.32 Å². The Bertz CT molecular complexity index is 1320. The van der Waals surface area contributed by atoms with Crippen LogP contribution < -0.4 is 9.62 Å². The summed E-state index contributed by atoms with van der Waals surface area (Å²) in [6.07, 6.45) is 0.381. The number of amides is 2. The van der Waals surface area contributed by atoms with E-state index in [9.17, 15) is 18.0 Å². The second-order valence-corrected chi connectivity index (χ2v) is 11.1. The highest BCUT2D eigenvalue weighted by atomic mass is 32.2. The molecule has 0 aromatic heterocycles. The van der Waals surface area contributed by atoms with E-state index in [-0.39, 0.29) is 17.3 Å². The number of hydrogen-bond donors (Lipinski definition) is 1. The van der Waals surface area contributed by atoms with Gasteiger partial charge in [-0.1, -0.05) is 61.0 Å². The molecule has 0 aliphatic carbocycles. The van der Waals surface area contributed by atoms with Crippen LogP contribution in [-0.2, 0) is 26.2 Å². The molecule has 37 heavy (non-hydrogen) atoms. The van der Waals surface area contributed by atoms with E-state index < -0.39 is 28.5 Å². The van der Waals surface area contributed by atoms with Crippen molar-refractivity contribution < 1.29 is 18.0 Å². The first-order chi connectivity index (χ1) is 17.6. The molecule has 0 bridgehead atoms. The third-order valence-electron chi connectivity index (χ3n) is 6.21. The third-order valence-corrected chi connectivity index (χ3v) is 8.00. The van der Waals surface area contributed by atoms with Gasteiger partial charge in [0.2, 0.25) is 11.8 Å². The molecule has 0 aliphatic heterocycles. The molecule has 1 atom stereocenters. The SMILES string of the molecule is CCC(C(=O)NC)N(Cc1ccccc1)C(=O)CN(c1cc(C)cc(C)c1)S(=O)(=O)c1ccc(C)cc1. The minimum absolute atomic E-state index is 0.0954. The summed E-state index contributed by atoms with van der Waals surface area (Å²) in [6.45, 7) is 7.21. The Kier molecular flexibility index (Phi) is 9.10. The van der Waals surface area contributed by atoms with Crippen LogP contribution in [-0.4, -0.2) is 44.8 Å². The number of sulfonamides is 1. The molecule has 0 radical (unpaired) electrons. The van der Waals surface area contributed by atoms with Gasteiger partial charge in [-0.05, 0) is 68.1 Å². The van der Waals surface area contributed by atoms with Crippen LogP contribution in [0.4, 0.5) is 5.69 Å². The summed E-state index contributed by atoms with van der Waals surface area (Å²) in [7, 11) is -2.55. The third kappa shape index (κ3) is 6.77. The predicted molar refractivity (Wildman–Crippen MR) is 147 cm³/mol. The molecule has 0 saturated heterocycles. The fourth-order valence-electron chi connectivity index (χ4n) is 4.33. The summed E-state index contributed by atoms with van der Waals surface area (Å²) >= 11 is 0. The zero-order valence-corrected chi connectivity index (χ0v) is 22.9. The van der Waals surface area contributed by atoms with Crippen LogP contribution in [0.5, 0.6) is 0 Å². The van der Waals surface area contributed by atoms with Crippen LogP contribution in [0.25, 0.3) is 0 Å². The van der Waals surface area contributed by atoms with Gasteiger partial charge in [-0.2, -0.15) is 0 Å². The molecule has 7 nitrogen and oxygen atoms in total. The van der Waals surface area contributed by atoms with Gasteiger partial charge in [-0.3, -0.25) is 13.9 Å². The molecule has 196 valence electrons. The summed E-state index contributed by atoms with van der Waals surface area (Å²) in [5, 5.41) is 2.63. The van der Waals surface area contributed by atoms with E-state index in [0.29, 0.717) is 12.1 Å². The molecule has 0 spiro atoms. The molecular formula is C29H35N3O4S. The molecule has 1 N–H and O–H groups in total. The zero-order valence-electron chi connectivity index (χ0n) is 22.1. The maximum absolute atomic E-state index is 13.9. The molecule has 8 heteroatoms. The van der Waals surface area contributed by atoms with E-state index in [0.717, 1.165) is 26.6 Å². The average molecular weight is 522 g/mol. The van der Waals surface area contributed by atoms with Crippen LogP contribution in [0.1, 0.15) is 35.6 Å². The largest absolute Gasteiger partial charge is 0.357 e. The second-order valence-electron chi connectivity index (χ2n) is 9.22. The summed E-state index contributed by atoms with van der Waals surface area (Å²) in [5.41, 5.74) is 3.93. The van der Waals surface area contributed by atoms with E-state index in [1.807, 2.05) is 64.1 Å². The molecule has 0 saturated carbocycles. The summed E-state index contributed by atoms with van der Waals surface area (Å²) in [5.74, 6) is -0.764. The van der Waals surface area contributed by atoms with E-state index in [1.165, 1.54) is 11.9 Å². The summed E-state index contributed by atoms with van der Waals surface area (Å²) < 4.78 is 28.9. The molecule has 0 aliphatic rings. The maximum Gasteiger partial charge on any atom is 0.264 e. The molecule has 2 amide bonds. The predicted octanol–water partition coefficient (Wildman–Crippen LogP) is 4.36. The first kappa shape index (κ1) is 27.9. The molecule has 3 aromatic carbocycles. The van der Waals surface area contributed by atoms with Crippen LogP contribution in [0, 0.1) is 20.8 Å². The van der Waals surface area contributed by atoms with Crippen molar-refractivity contribution in [2.24, 2.45) is 0 Å². The van der Waals surface area contributed by atoms with Gasteiger partial charge in [0.05, 0.1) is 10.6 Å². The van der Waals surface area contributed by atoms with Crippen LogP contribution in [0.15, 0.2) is 77.7 Å². The van der Waals surface area contributed by atoms with Gasteiger partial charge in [0, 0.05) is 13.6 Å². The Hall–Kier alpha value is -3.65. The lowest BCUT2D eigenvalue weighted by atomic mass is 10.1. The number of carbonyl (C=O) groups excluding carboxylic acids is 2. The number of anilines is 1. The van der Waals surface area contributed by atoms with Gasteiger partial charge >= 0.3 is 0 Å². The Labute approximate surface area is 220 Å². The first-order valence-electron chi connectivity index (χ1n) is 12.3. The monoisotopic (exact) mass is 521 g/mol. The summed E-state index contributed by atoms with van der Waals surface area (Å²) in [4.78, 5) is 28.2. The number of likely N-dealkylation sites (N-methyl/N-ethyl adjacent to an activating group) is 1. The molecule has 3 rings (SSSR count). The Morgan fingerprint density at radius 2 is 1.46 bits per heavy atom. The first-order valence-corrected chi connectivity index (χ1v) is 13.7. The highest BCUT2D eigenvalue weighted by Crippen LogP contribution is 2.27. The van der Waals surface area contributed by atoms with Crippen molar-refractivity contribution in [2.45, 2.75) is 51.6 Å². The standard InChI is InChI=1S/C29H35N3O4S/c1-6-27(29(34)30-5)31(19-24-10-8-7-9-11-24)28(33)20-32(25-17-22(3)16-23(4)18-25)37(35,36)26-14-12-21(2)13-15-26/h7-18,27H,6,19-20H2,1-5H3,(H,30,34). The minimum Gasteiger partial charge on any atom is -0.357 e. The fraction of sp³-hybridized carbons (Fsp3) is 0.310. The van der Waals surface area contributed by atoms with Gasteiger partial charge in [0.15, 0.2) is 0 Å². The van der Waals surface area contributed by atoms with Crippen molar-refractivity contribution in [3.05, 3.63) is 95.1 Å². The lowest BCUT2D eigenvalue weighted by molar-refractivity contribution is -0.140. The normalized spacial score (nSPS) is 12.0. The van der Waals surface area contributed by atoms with Crippen LogP contribution in [0.2, 0.25) is 0 Å². The summed E-state index contributed by atoms with van der Waals surface area (Å²) in [6, 6.07) is 20.6. The Balaban J connectivity index is 2.08. The number of benzene rings is 3. The smallest absolute Gasteiger partial charge is 0.264 e. The van der Waals surface area contributed by atoms with Crippen molar-refractivity contribution in [1.29, 1.82) is 0 Å². The molecule has 0 fully saturated rings. The van der Waals surface area contributed by atoms with Crippen molar-refractivity contribution in [3.63, 3.8) is 0 Å². The molecule has 0 heterocycles. The lowest BCUT2D eigenvalue weighted by Crippen LogP contribution is -2.51. The van der Waals surface area contributed by atoms with Crippen molar-refractivity contribution in [2.75, 3.05) is 17.9 Å². The van der Waals surface area contributed by atoms with Crippen molar-refractivity contribution in [1.82, 2.24) is 10.2 Å². The van der Waals surface area contributed by atoms with Gasteiger partial charge in [0.25, 0.3) is 10.0 Å². The molecule has 3 aromatic rings. The van der Waals surface area contributed by atoms with Crippen molar-refractivity contribution >= 4 is 27.5 Å². The number of nitrogens with one attached hydrogen (secondary N) is 1. The van der Waals surface area contributed by atoms with Crippen LogP contribution >= 0.6 is 0 Å². The van der Waals surface area contributed by atoms with Gasteiger partial charge in [-0.25, -0.2) is 8.42 Å². The number of aryl methyl sites for hydroxylation is 3.